The van der Waals surface area contributed by atoms with E-state index in [9.17, 15) is 4.79 Å². The van der Waals surface area contributed by atoms with E-state index in [-0.39, 0.29) is 12.0 Å². The van der Waals surface area contributed by atoms with Gasteiger partial charge in [-0.1, -0.05) is 31.0 Å². The lowest BCUT2D eigenvalue weighted by Gasteiger charge is -2.29. The van der Waals surface area contributed by atoms with Crippen molar-refractivity contribution >= 4 is 5.91 Å². The third kappa shape index (κ3) is 4.70. The molecule has 0 spiro atoms. The molecule has 172 valence electrons. The first kappa shape index (κ1) is 22.5. The molecule has 1 amide bonds. The number of nitrogens with one attached hydrogen (secondary N) is 1. The predicted molar refractivity (Wildman–Crippen MR) is 125 cm³/mol. The number of carbonyl (C=O) groups is 1. The Labute approximate surface area is 190 Å². The highest BCUT2D eigenvalue weighted by molar-refractivity contribution is 5.88. The molecule has 2 aromatic carbocycles. The Hall–Kier alpha value is -2.73. The van der Waals surface area contributed by atoms with Crippen LogP contribution in [0, 0.1) is 0 Å². The largest absolute Gasteiger partial charge is 0.497 e. The lowest BCUT2D eigenvalue weighted by molar-refractivity contribution is -0.126. The van der Waals surface area contributed by atoms with Crippen molar-refractivity contribution in [2.24, 2.45) is 0 Å². The van der Waals surface area contributed by atoms with Gasteiger partial charge < -0.3 is 19.5 Å². The number of nitrogens with zero attached hydrogens (tertiary/aromatic N) is 1. The molecule has 4 rings (SSSR count). The van der Waals surface area contributed by atoms with Gasteiger partial charge in [0.1, 0.15) is 23.4 Å². The van der Waals surface area contributed by atoms with Gasteiger partial charge in [0, 0.05) is 37.8 Å². The number of rotatable bonds is 7. The fourth-order valence-corrected chi connectivity index (χ4v) is 5.03. The molecule has 1 aliphatic heterocycles. The number of amides is 1. The maximum atomic E-state index is 13.4. The lowest BCUT2D eigenvalue weighted by atomic mass is 9.78. The Morgan fingerprint density at radius 2 is 1.78 bits per heavy atom. The van der Waals surface area contributed by atoms with Crippen LogP contribution in [0.15, 0.2) is 42.5 Å². The van der Waals surface area contributed by atoms with Gasteiger partial charge in [0.2, 0.25) is 5.91 Å². The van der Waals surface area contributed by atoms with Crippen molar-refractivity contribution in [1.82, 2.24) is 10.2 Å². The third-order valence-electron chi connectivity index (χ3n) is 6.76. The van der Waals surface area contributed by atoms with Gasteiger partial charge in [-0.2, -0.15) is 0 Å². The topological polar surface area (TPSA) is 60.0 Å². The molecule has 6 heteroatoms. The molecule has 1 N–H and O–H groups in total. The number of benzene rings is 2. The summed E-state index contributed by atoms with van der Waals surface area (Å²) in [6, 6.07) is 14.0. The zero-order valence-electron chi connectivity index (χ0n) is 19.4. The van der Waals surface area contributed by atoms with Crippen LogP contribution in [0.5, 0.6) is 17.2 Å². The molecule has 0 bridgehead atoms. The van der Waals surface area contributed by atoms with Crippen LogP contribution in [-0.2, 0) is 16.8 Å². The monoisotopic (exact) mass is 438 g/mol. The molecular formula is C26H34N2O4. The second-order valence-corrected chi connectivity index (χ2v) is 8.91. The van der Waals surface area contributed by atoms with E-state index in [1.54, 1.807) is 14.2 Å². The van der Waals surface area contributed by atoms with Crippen LogP contribution in [0.25, 0.3) is 0 Å². The maximum absolute atomic E-state index is 13.4. The van der Waals surface area contributed by atoms with Crippen molar-refractivity contribution < 1.29 is 19.0 Å². The van der Waals surface area contributed by atoms with Crippen LogP contribution in [-0.4, -0.2) is 50.8 Å². The molecular weight excluding hydrogens is 404 g/mol. The molecule has 1 atom stereocenters. The van der Waals surface area contributed by atoms with E-state index in [0.29, 0.717) is 6.54 Å². The van der Waals surface area contributed by atoms with Crippen molar-refractivity contribution in [1.29, 1.82) is 0 Å². The Balaban J connectivity index is 1.39. The zero-order valence-corrected chi connectivity index (χ0v) is 19.4. The number of hydrogen-bond donors (Lipinski definition) is 1. The summed E-state index contributed by atoms with van der Waals surface area (Å²) in [5.41, 5.74) is 1.81. The minimum atomic E-state index is -0.426. The predicted octanol–water partition coefficient (Wildman–Crippen LogP) is 3.91. The first-order valence-corrected chi connectivity index (χ1v) is 11.5. The molecule has 6 nitrogen and oxygen atoms in total. The summed E-state index contributed by atoms with van der Waals surface area (Å²) in [5, 5.41) is 3.24. The highest BCUT2D eigenvalue weighted by atomic mass is 16.5. The number of ether oxygens (including phenoxy) is 3. The normalized spacial score (nSPS) is 20.0. The molecule has 1 fully saturated rings. The summed E-state index contributed by atoms with van der Waals surface area (Å²) in [7, 11) is 3.33. The minimum Gasteiger partial charge on any atom is -0.497 e. The second-order valence-electron chi connectivity index (χ2n) is 8.91. The Kier molecular flexibility index (Phi) is 6.89. The average Bonchev–Trinajstić information content (AvgIpc) is 3.25. The Bertz CT molecular complexity index is 922. The minimum absolute atomic E-state index is 0.0690. The second kappa shape index (κ2) is 9.82. The number of fused-ring (bicyclic) bond motifs is 1. The van der Waals surface area contributed by atoms with E-state index in [0.717, 1.165) is 73.7 Å². The van der Waals surface area contributed by atoms with Gasteiger partial charge in [0.25, 0.3) is 0 Å². The fourth-order valence-electron chi connectivity index (χ4n) is 5.03. The van der Waals surface area contributed by atoms with E-state index < -0.39 is 5.41 Å². The molecule has 1 heterocycles. The molecule has 0 aromatic heterocycles. The van der Waals surface area contributed by atoms with Crippen LogP contribution in [0.3, 0.4) is 0 Å². The van der Waals surface area contributed by atoms with Gasteiger partial charge in [-0.15, -0.1) is 0 Å². The van der Waals surface area contributed by atoms with Gasteiger partial charge >= 0.3 is 0 Å². The number of methoxy groups -OCH3 is 2. The van der Waals surface area contributed by atoms with Crippen molar-refractivity contribution in [3.63, 3.8) is 0 Å². The Morgan fingerprint density at radius 3 is 2.47 bits per heavy atom. The summed E-state index contributed by atoms with van der Waals surface area (Å²) in [6.07, 6.45) is 4.03. The molecule has 1 aliphatic carbocycles. The van der Waals surface area contributed by atoms with Gasteiger partial charge in [-0.25, -0.2) is 0 Å². The van der Waals surface area contributed by atoms with Crippen LogP contribution < -0.4 is 19.5 Å². The Morgan fingerprint density at radius 1 is 1.09 bits per heavy atom. The molecule has 1 saturated carbocycles. The van der Waals surface area contributed by atoms with E-state index in [2.05, 4.69) is 23.2 Å². The standard InChI is InChI=1S/C26H34N2O4/c1-19-17-28(18-20-6-9-23(31-3)16-24(20)32-19)15-14-27-25(29)26(12-4-5-13-26)21-7-10-22(30-2)11-8-21/h6-11,16,19H,4-5,12-15,17-18H2,1-3H3,(H,27,29). The fraction of sp³-hybridized carbons (Fsp3) is 0.500. The van der Waals surface area contributed by atoms with E-state index in [1.807, 2.05) is 36.4 Å². The number of carbonyl (C=O) groups excluding carboxylic acids is 1. The molecule has 2 aliphatic rings. The van der Waals surface area contributed by atoms with Crippen molar-refractivity contribution in [2.45, 2.75) is 50.7 Å². The summed E-state index contributed by atoms with van der Waals surface area (Å²) in [6.45, 7) is 5.09. The summed E-state index contributed by atoms with van der Waals surface area (Å²) < 4.78 is 16.7. The summed E-state index contributed by atoms with van der Waals surface area (Å²) in [5.74, 6) is 2.65. The molecule has 32 heavy (non-hydrogen) atoms. The van der Waals surface area contributed by atoms with Crippen LogP contribution >= 0.6 is 0 Å². The SMILES string of the molecule is COc1ccc(C2(C(=O)NCCN3Cc4ccc(OC)cc4OC(C)C3)CCCC2)cc1. The number of hydrogen-bond acceptors (Lipinski definition) is 5. The van der Waals surface area contributed by atoms with Crippen molar-refractivity contribution in [2.75, 3.05) is 33.9 Å². The van der Waals surface area contributed by atoms with E-state index >= 15 is 0 Å². The van der Waals surface area contributed by atoms with Gasteiger partial charge in [0.15, 0.2) is 0 Å². The van der Waals surface area contributed by atoms with Gasteiger partial charge in [-0.3, -0.25) is 9.69 Å². The highest BCUT2D eigenvalue weighted by Gasteiger charge is 2.42. The first-order valence-electron chi connectivity index (χ1n) is 11.5. The highest BCUT2D eigenvalue weighted by Crippen LogP contribution is 2.41. The van der Waals surface area contributed by atoms with Gasteiger partial charge in [-0.05, 0) is 43.5 Å². The molecule has 0 saturated heterocycles. The third-order valence-corrected chi connectivity index (χ3v) is 6.76. The first-order chi connectivity index (χ1) is 15.5. The van der Waals surface area contributed by atoms with E-state index in [4.69, 9.17) is 14.2 Å². The molecule has 1 unspecified atom stereocenters. The smallest absolute Gasteiger partial charge is 0.230 e. The quantitative estimate of drug-likeness (QED) is 0.710. The zero-order chi connectivity index (χ0) is 22.6. The van der Waals surface area contributed by atoms with Crippen LogP contribution in [0.2, 0.25) is 0 Å². The van der Waals surface area contributed by atoms with Crippen LogP contribution in [0.4, 0.5) is 0 Å². The van der Waals surface area contributed by atoms with Gasteiger partial charge in [0.05, 0.1) is 19.6 Å². The van der Waals surface area contributed by atoms with Crippen molar-refractivity contribution in [3.8, 4) is 17.2 Å². The molecule has 0 radical (unpaired) electrons. The van der Waals surface area contributed by atoms with Crippen molar-refractivity contribution in [3.05, 3.63) is 53.6 Å². The average molecular weight is 439 g/mol. The lowest BCUT2D eigenvalue weighted by Crippen LogP contribution is -2.45. The molecule has 2 aromatic rings. The summed E-state index contributed by atoms with van der Waals surface area (Å²) >= 11 is 0. The maximum Gasteiger partial charge on any atom is 0.230 e. The van der Waals surface area contributed by atoms with E-state index in [1.165, 1.54) is 0 Å². The summed E-state index contributed by atoms with van der Waals surface area (Å²) in [4.78, 5) is 15.7. The van der Waals surface area contributed by atoms with Crippen LogP contribution in [0.1, 0.15) is 43.7 Å².